The van der Waals surface area contributed by atoms with E-state index in [9.17, 15) is 9.90 Å². The van der Waals surface area contributed by atoms with Crippen molar-refractivity contribution in [1.29, 1.82) is 0 Å². The van der Waals surface area contributed by atoms with Gasteiger partial charge in [-0.2, -0.15) is 0 Å². The monoisotopic (exact) mass is 301 g/mol. The number of hydrogen-bond donors (Lipinski definition) is 1. The molecule has 0 fully saturated rings. The van der Waals surface area contributed by atoms with E-state index in [0.717, 1.165) is 11.3 Å². The molecule has 2 aromatic rings. The van der Waals surface area contributed by atoms with Crippen LogP contribution in [0.1, 0.15) is 11.3 Å². The number of nitrogens with zero attached hydrogens (tertiary/aromatic N) is 2. The fourth-order valence-electron chi connectivity index (χ4n) is 2.08. The molecule has 0 saturated heterocycles. The minimum atomic E-state index is -0.144. The molecule has 1 amide bonds. The molecule has 0 aliphatic rings. The Morgan fingerprint density at radius 2 is 1.95 bits per heavy atom. The normalized spacial score (nSPS) is 10.3. The number of aryl methyl sites for hydroxylation is 1. The van der Waals surface area contributed by atoms with Crippen LogP contribution in [0.15, 0.2) is 42.6 Å². The molecule has 116 valence electrons. The summed E-state index contributed by atoms with van der Waals surface area (Å²) >= 11 is 0. The molecule has 22 heavy (non-hydrogen) atoms. The molecule has 0 radical (unpaired) electrons. The fraction of sp³-hybridized carbons (Fsp3) is 0.294. The van der Waals surface area contributed by atoms with E-state index in [4.69, 9.17) is 4.74 Å². The van der Waals surface area contributed by atoms with Crippen molar-refractivity contribution in [3.8, 4) is 11.5 Å². The number of likely N-dealkylation sites (N-methyl/N-ethyl adjacent to an activating group) is 1. The molecule has 5 nitrogen and oxygen atoms in total. The number of benzene rings is 1. The lowest BCUT2D eigenvalue weighted by Crippen LogP contribution is -2.34. The second-order valence-electron chi connectivity index (χ2n) is 5.25. The third-order valence-corrected chi connectivity index (χ3v) is 3.57. The average Bonchev–Trinajstić information content (AvgIpc) is 2.52. The lowest BCUT2D eigenvalue weighted by molar-refractivity contribution is -0.678. The zero-order valence-electron chi connectivity index (χ0n) is 13.1. The van der Waals surface area contributed by atoms with E-state index in [0.29, 0.717) is 12.3 Å². The third kappa shape index (κ3) is 3.75. The van der Waals surface area contributed by atoms with Gasteiger partial charge in [0.1, 0.15) is 7.05 Å². The van der Waals surface area contributed by atoms with Gasteiger partial charge >= 0.3 is 0 Å². The summed E-state index contributed by atoms with van der Waals surface area (Å²) in [6.07, 6.45) is 1.74. The van der Waals surface area contributed by atoms with Crippen LogP contribution in [-0.4, -0.2) is 29.6 Å². The molecule has 1 aromatic carbocycles. The summed E-state index contributed by atoms with van der Waals surface area (Å²) in [5.74, 6) is 0.231. The Morgan fingerprint density at radius 1 is 1.27 bits per heavy atom. The van der Waals surface area contributed by atoms with Crippen molar-refractivity contribution in [2.75, 3.05) is 13.7 Å². The van der Waals surface area contributed by atoms with E-state index < -0.39 is 0 Å². The Hall–Kier alpha value is -2.56. The van der Waals surface area contributed by atoms with Crippen molar-refractivity contribution in [3.05, 3.63) is 53.9 Å². The molecule has 0 saturated carbocycles. The number of aromatic hydroxyl groups is 1. The van der Waals surface area contributed by atoms with E-state index in [-0.39, 0.29) is 18.3 Å². The van der Waals surface area contributed by atoms with Crippen LogP contribution in [0.5, 0.6) is 11.5 Å². The average molecular weight is 301 g/mol. The summed E-state index contributed by atoms with van der Waals surface area (Å²) in [7, 11) is 3.58. The van der Waals surface area contributed by atoms with Crippen LogP contribution in [0.4, 0.5) is 0 Å². The maximum Gasteiger partial charge on any atom is 0.260 e. The van der Waals surface area contributed by atoms with Gasteiger partial charge in [0.2, 0.25) is 11.4 Å². The number of amides is 1. The van der Waals surface area contributed by atoms with Gasteiger partial charge in [-0.3, -0.25) is 4.79 Å². The van der Waals surface area contributed by atoms with Gasteiger partial charge in [-0.05, 0) is 5.56 Å². The van der Waals surface area contributed by atoms with Gasteiger partial charge in [0.05, 0.1) is 0 Å². The molecule has 1 aromatic heterocycles. The molecular weight excluding hydrogens is 280 g/mol. The SMILES string of the molecule is Cc1c(OCC(=O)N(C)Cc2ccccc2)c(O)cc[n+]1C. The van der Waals surface area contributed by atoms with E-state index in [2.05, 4.69) is 0 Å². The van der Waals surface area contributed by atoms with Crippen molar-refractivity contribution in [1.82, 2.24) is 4.90 Å². The highest BCUT2D eigenvalue weighted by Gasteiger charge is 2.17. The van der Waals surface area contributed by atoms with Gasteiger partial charge in [0.15, 0.2) is 18.6 Å². The number of pyridine rings is 1. The quantitative estimate of drug-likeness (QED) is 0.853. The van der Waals surface area contributed by atoms with Crippen molar-refractivity contribution in [2.45, 2.75) is 13.5 Å². The molecule has 2 rings (SSSR count). The van der Waals surface area contributed by atoms with Crippen LogP contribution < -0.4 is 9.30 Å². The Bertz CT molecular complexity index is 656. The highest BCUT2D eigenvalue weighted by Crippen LogP contribution is 2.26. The Kier molecular flexibility index (Phi) is 4.99. The van der Waals surface area contributed by atoms with Crippen molar-refractivity contribution in [3.63, 3.8) is 0 Å². The summed E-state index contributed by atoms with van der Waals surface area (Å²) in [6, 6.07) is 11.3. The van der Waals surface area contributed by atoms with Gasteiger partial charge in [0, 0.05) is 26.6 Å². The van der Waals surface area contributed by atoms with Crippen LogP contribution in [-0.2, 0) is 18.4 Å². The van der Waals surface area contributed by atoms with Crippen molar-refractivity contribution < 1.29 is 19.2 Å². The summed E-state index contributed by atoms with van der Waals surface area (Å²) in [4.78, 5) is 13.7. The predicted octanol–water partition coefficient (Wildman–Crippen LogP) is 1.56. The van der Waals surface area contributed by atoms with Gasteiger partial charge in [-0.1, -0.05) is 30.3 Å². The maximum absolute atomic E-state index is 12.1. The first kappa shape index (κ1) is 15.8. The number of carbonyl (C=O) groups excluding carboxylic acids is 1. The van der Waals surface area contributed by atoms with Crippen LogP contribution >= 0.6 is 0 Å². The maximum atomic E-state index is 12.1. The molecular formula is C17H21N2O3+. The van der Waals surface area contributed by atoms with E-state index in [1.807, 2.05) is 48.9 Å². The summed E-state index contributed by atoms with van der Waals surface area (Å²) in [5, 5.41) is 9.84. The molecule has 0 aliphatic carbocycles. The third-order valence-electron chi connectivity index (χ3n) is 3.57. The molecule has 5 heteroatoms. The number of ether oxygens (including phenoxy) is 1. The standard InChI is InChI=1S/C17H20N2O3/c1-13-17(15(20)9-10-18(13)2)22-12-16(21)19(3)11-14-7-5-4-6-8-14/h4-10H,11-12H2,1-3H3/p+1. The fourth-order valence-corrected chi connectivity index (χ4v) is 2.08. The van der Waals surface area contributed by atoms with Gasteiger partial charge in [0.25, 0.3) is 5.91 Å². The number of rotatable bonds is 5. The topological polar surface area (TPSA) is 53.6 Å². The zero-order valence-corrected chi connectivity index (χ0v) is 13.1. The number of carbonyl (C=O) groups is 1. The first-order valence-corrected chi connectivity index (χ1v) is 7.08. The molecule has 0 bridgehead atoms. The first-order chi connectivity index (χ1) is 10.5. The summed E-state index contributed by atoms with van der Waals surface area (Å²) in [5.41, 5.74) is 1.82. The number of aromatic nitrogens is 1. The zero-order chi connectivity index (χ0) is 16.1. The predicted molar refractivity (Wildman–Crippen MR) is 82.4 cm³/mol. The van der Waals surface area contributed by atoms with Crippen molar-refractivity contribution in [2.24, 2.45) is 7.05 Å². The van der Waals surface area contributed by atoms with Crippen LogP contribution in [0.25, 0.3) is 0 Å². The molecule has 0 aliphatic heterocycles. The second-order valence-corrected chi connectivity index (χ2v) is 5.25. The van der Waals surface area contributed by atoms with E-state index in [1.165, 1.54) is 0 Å². The van der Waals surface area contributed by atoms with Gasteiger partial charge in [-0.25, -0.2) is 4.57 Å². The first-order valence-electron chi connectivity index (χ1n) is 7.08. The lowest BCUT2D eigenvalue weighted by atomic mass is 10.2. The lowest BCUT2D eigenvalue weighted by Gasteiger charge is -2.17. The summed E-state index contributed by atoms with van der Waals surface area (Å²) < 4.78 is 7.33. The van der Waals surface area contributed by atoms with Gasteiger partial charge in [-0.15, -0.1) is 0 Å². The molecule has 0 spiro atoms. The second kappa shape index (κ2) is 6.93. The van der Waals surface area contributed by atoms with Gasteiger partial charge < -0.3 is 14.7 Å². The molecule has 1 heterocycles. The molecule has 1 N–H and O–H groups in total. The van der Waals surface area contributed by atoms with Crippen LogP contribution in [0.2, 0.25) is 0 Å². The smallest absolute Gasteiger partial charge is 0.260 e. The van der Waals surface area contributed by atoms with E-state index >= 15 is 0 Å². The number of hydrogen-bond acceptors (Lipinski definition) is 3. The largest absolute Gasteiger partial charge is 0.504 e. The van der Waals surface area contributed by atoms with E-state index in [1.54, 1.807) is 24.2 Å². The van der Waals surface area contributed by atoms with Crippen LogP contribution in [0.3, 0.4) is 0 Å². The molecule has 0 atom stereocenters. The highest BCUT2D eigenvalue weighted by molar-refractivity contribution is 5.77. The Labute approximate surface area is 130 Å². The highest BCUT2D eigenvalue weighted by atomic mass is 16.5. The molecule has 0 unspecified atom stereocenters. The minimum Gasteiger partial charge on any atom is -0.504 e. The Balaban J connectivity index is 1.97. The van der Waals surface area contributed by atoms with Crippen molar-refractivity contribution >= 4 is 5.91 Å². The summed E-state index contributed by atoms with van der Waals surface area (Å²) in [6.45, 7) is 2.24. The Morgan fingerprint density at radius 3 is 2.64 bits per heavy atom. The van der Waals surface area contributed by atoms with Crippen LogP contribution in [0, 0.1) is 6.92 Å². The minimum absolute atomic E-state index is 0.0362.